The van der Waals surface area contributed by atoms with Crippen LogP contribution >= 0.6 is 0 Å². The zero-order valence-corrected chi connectivity index (χ0v) is 12.6. The van der Waals surface area contributed by atoms with Crippen molar-refractivity contribution in [1.82, 2.24) is 5.32 Å². The lowest BCUT2D eigenvalue weighted by Crippen LogP contribution is -2.22. The van der Waals surface area contributed by atoms with Gasteiger partial charge in [0.2, 0.25) is 0 Å². The van der Waals surface area contributed by atoms with Crippen LogP contribution in [0.2, 0.25) is 0 Å². The summed E-state index contributed by atoms with van der Waals surface area (Å²) in [7, 11) is 5.60. The third-order valence-electron chi connectivity index (χ3n) is 3.26. The van der Waals surface area contributed by atoms with E-state index >= 15 is 0 Å². The minimum Gasteiger partial charge on any atom is -0.497 e. The fraction of sp³-hybridized carbons (Fsp3) is 0.235. The molecule has 110 valence electrons. The summed E-state index contributed by atoms with van der Waals surface area (Å²) in [6.07, 6.45) is 0. The minimum absolute atomic E-state index is 0.0886. The average Bonchev–Trinajstić information content (AvgIpc) is 2.53. The zero-order chi connectivity index (χ0) is 15.2. The molecular formula is C17H20N2O2. The predicted molar refractivity (Wildman–Crippen MR) is 84.9 cm³/mol. The highest BCUT2D eigenvalue weighted by Gasteiger charge is 2.05. The summed E-state index contributed by atoms with van der Waals surface area (Å²) in [4.78, 5) is 14.1. The van der Waals surface area contributed by atoms with Gasteiger partial charge < -0.3 is 15.0 Å². The van der Waals surface area contributed by atoms with Gasteiger partial charge in [-0.2, -0.15) is 0 Å². The monoisotopic (exact) mass is 284 g/mol. The van der Waals surface area contributed by atoms with Crippen molar-refractivity contribution in [2.75, 3.05) is 26.1 Å². The summed E-state index contributed by atoms with van der Waals surface area (Å²) in [5.41, 5.74) is 2.84. The molecule has 0 aliphatic carbocycles. The lowest BCUT2D eigenvalue weighted by atomic mass is 10.1. The molecule has 1 N–H and O–H groups in total. The highest BCUT2D eigenvalue weighted by Crippen LogP contribution is 2.13. The van der Waals surface area contributed by atoms with Crippen molar-refractivity contribution in [2.45, 2.75) is 6.54 Å². The van der Waals surface area contributed by atoms with Gasteiger partial charge >= 0.3 is 0 Å². The predicted octanol–water partition coefficient (Wildman–Crippen LogP) is 2.69. The maximum Gasteiger partial charge on any atom is 0.251 e. The van der Waals surface area contributed by atoms with Crippen molar-refractivity contribution in [2.24, 2.45) is 0 Å². The van der Waals surface area contributed by atoms with E-state index in [4.69, 9.17) is 4.74 Å². The second kappa shape index (κ2) is 6.79. The number of amides is 1. The van der Waals surface area contributed by atoms with Gasteiger partial charge in [-0.3, -0.25) is 4.79 Å². The maximum absolute atomic E-state index is 12.0. The fourth-order valence-electron chi connectivity index (χ4n) is 1.94. The largest absolute Gasteiger partial charge is 0.497 e. The van der Waals surface area contributed by atoms with Gasteiger partial charge in [-0.15, -0.1) is 0 Å². The topological polar surface area (TPSA) is 41.6 Å². The number of nitrogens with zero attached hydrogens (tertiary/aromatic N) is 1. The van der Waals surface area contributed by atoms with Crippen molar-refractivity contribution < 1.29 is 9.53 Å². The lowest BCUT2D eigenvalue weighted by molar-refractivity contribution is 0.0951. The van der Waals surface area contributed by atoms with Crippen LogP contribution in [0.5, 0.6) is 5.75 Å². The molecule has 0 atom stereocenters. The molecule has 0 spiro atoms. The van der Waals surface area contributed by atoms with Crippen molar-refractivity contribution in [3.8, 4) is 5.75 Å². The van der Waals surface area contributed by atoms with Crippen LogP contribution in [0.1, 0.15) is 15.9 Å². The number of nitrogens with one attached hydrogen (secondary N) is 1. The van der Waals surface area contributed by atoms with Crippen LogP contribution < -0.4 is 15.0 Å². The van der Waals surface area contributed by atoms with Crippen LogP contribution in [0, 0.1) is 0 Å². The molecule has 0 aromatic heterocycles. The van der Waals surface area contributed by atoms with E-state index in [-0.39, 0.29) is 5.91 Å². The van der Waals surface area contributed by atoms with Gasteiger partial charge in [-0.25, -0.2) is 0 Å². The smallest absolute Gasteiger partial charge is 0.251 e. The van der Waals surface area contributed by atoms with Crippen LogP contribution in [0.3, 0.4) is 0 Å². The highest BCUT2D eigenvalue weighted by molar-refractivity contribution is 5.94. The first-order valence-electron chi connectivity index (χ1n) is 6.78. The Morgan fingerprint density at radius 2 is 1.67 bits per heavy atom. The summed E-state index contributed by atoms with van der Waals surface area (Å²) in [5, 5.41) is 2.91. The molecule has 2 aromatic rings. The number of benzene rings is 2. The van der Waals surface area contributed by atoms with Crippen LogP contribution in [0.25, 0.3) is 0 Å². The van der Waals surface area contributed by atoms with Gasteiger partial charge in [0.1, 0.15) is 5.75 Å². The third kappa shape index (κ3) is 3.99. The fourth-order valence-corrected chi connectivity index (χ4v) is 1.94. The quantitative estimate of drug-likeness (QED) is 0.918. The van der Waals surface area contributed by atoms with E-state index in [1.54, 1.807) is 31.4 Å². The number of anilines is 1. The summed E-state index contributed by atoms with van der Waals surface area (Å²) in [6, 6.07) is 15.2. The highest BCUT2D eigenvalue weighted by atomic mass is 16.5. The Bertz CT molecular complexity index is 589. The molecule has 2 aromatic carbocycles. The Morgan fingerprint density at radius 3 is 2.19 bits per heavy atom. The Hall–Kier alpha value is -2.49. The standard InChI is InChI=1S/C17H20N2O2/c1-19(2)15-8-4-13(5-9-15)12-18-17(20)14-6-10-16(21-3)11-7-14/h4-11H,12H2,1-3H3,(H,18,20). The Labute approximate surface area is 125 Å². The lowest BCUT2D eigenvalue weighted by Gasteiger charge is -2.13. The first-order chi connectivity index (χ1) is 10.1. The second-order valence-electron chi connectivity index (χ2n) is 4.97. The molecule has 2 rings (SSSR count). The Balaban J connectivity index is 1.93. The van der Waals surface area contributed by atoms with Crippen molar-refractivity contribution >= 4 is 11.6 Å². The molecule has 0 heterocycles. The van der Waals surface area contributed by atoms with Gasteiger partial charge in [0.25, 0.3) is 5.91 Å². The number of carbonyl (C=O) groups excluding carboxylic acids is 1. The second-order valence-corrected chi connectivity index (χ2v) is 4.97. The molecule has 4 heteroatoms. The molecule has 0 saturated heterocycles. The Morgan fingerprint density at radius 1 is 1.05 bits per heavy atom. The number of rotatable bonds is 5. The summed E-state index contributed by atoms with van der Waals surface area (Å²) < 4.78 is 5.07. The molecule has 0 unspecified atom stereocenters. The van der Waals surface area contributed by atoms with Gasteiger partial charge in [0.15, 0.2) is 0 Å². The van der Waals surface area contributed by atoms with Crippen molar-refractivity contribution in [3.05, 3.63) is 59.7 Å². The van der Waals surface area contributed by atoms with Gasteiger partial charge in [-0.1, -0.05) is 12.1 Å². The first-order valence-corrected chi connectivity index (χ1v) is 6.78. The number of ether oxygens (including phenoxy) is 1. The Kier molecular flexibility index (Phi) is 4.82. The number of hydrogen-bond donors (Lipinski definition) is 1. The average molecular weight is 284 g/mol. The van der Waals surface area contributed by atoms with E-state index < -0.39 is 0 Å². The third-order valence-corrected chi connectivity index (χ3v) is 3.26. The van der Waals surface area contributed by atoms with E-state index in [9.17, 15) is 4.79 Å². The molecule has 0 saturated carbocycles. The van der Waals surface area contributed by atoms with E-state index in [1.807, 2.05) is 43.3 Å². The number of hydrogen-bond acceptors (Lipinski definition) is 3. The molecular weight excluding hydrogens is 264 g/mol. The van der Waals surface area contributed by atoms with Crippen LogP contribution in [-0.4, -0.2) is 27.1 Å². The van der Waals surface area contributed by atoms with Gasteiger partial charge in [-0.05, 0) is 42.0 Å². The summed E-state index contributed by atoms with van der Waals surface area (Å²) in [5.74, 6) is 0.653. The molecule has 0 aliphatic rings. The van der Waals surface area contributed by atoms with Crippen molar-refractivity contribution in [3.63, 3.8) is 0 Å². The zero-order valence-electron chi connectivity index (χ0n) is 12.6. The van der Waals surface area contributed by atoms with E-state index in [1.165, 1.54) is 0 Å². The van der Waals surface area contributed by atoms with Crippen LogP contribution in [0.4, 0.5) is 5.69 Å². The minimum atomic E-state index is -0.0886. The molecule has 0 bridgehead atoms. The number of carbonyl (C=O) groups is 1. The normalized spacial score (nSPS) is 10.0. The molecule has 0 radical (unpaired) electrons. The van der Waals surface area contributed by atoms with E-state index in [0.717, 1.165) is 17.0 Å². The van der Waals surface area contributed by atoms with Crippen molar-refractivity contribution in [1.29, 1.82) is 0 Å². The molecule has 0 aliphatic heterocycles. The molecule has 4 nitrogen and oxygen atoms in total. The molecule has 21 heavy (non-hydrogen) atoms. The van der Waals surface area contributed by atoms with Gasteiger partial charge in [0, 0.05) is 31.9 Å². The maximum atomic E-state index is 12.0. The molecule has 0 fully saturated rings. The SMILES string of the molecule is COc1ccc(C(=O)NCc2ccc(N(C)C)cc2)cc1. The van der Waals surface area contributed by atoms with E-state index in [2.05, 4.69) is 5.32 Å². The summed E-state index contributed by atoms with van der Waals surface area (Å²) >= 11 is 0. The molecule has 1 amide bonds. The van der Waals surface area contributed by atoms with Crippen LogP contribution in [-0.2, 0) is 6.54 Å². The summed E-state index contributed by atoms with van der Waals surface area (Å²) in [6.45, 7) is 0.512. The van der Waals surface area contributed by atoms with Gasteiger partial charge in [0.05, 0.1) is 7.11 Å². The van der Waals surface area contributed by atoms with Crippen LogP contribution in [0.15, 0.2) is 48.5 Å². The first kappa shape index (κ1) is 14.9. The van der Waals surface area contributed by atoms with E-state index in [0.29, 0.717) is 12.1 Å². The number of methoxy groups -OCH3 is 1.